The smallest absolute Gasteiger partial charge is 0.147 e. The molecule has 0 amide bonds. The molecule has 0 saturated heterocycles. The third-order valence-electron chi connectivity index (χ3n) is 7.63. The first kappa shape index (κ1) is 22.5. The first-order chi connectivity index (χ1) is 19.9. The van der Waals surface area contributed by atoms with Crippen LogP contribution in [-0.4, -0.2) is 19.1 Å². The second-order valence-corrected chi connectivity index (χ2v) is 9.94. The standard InChI is InChI=1S/C36H24N4/c1-3-10-25(11-4-1)26-17-19-29(20-18-26)40-33-22-21-32-34(35(33)38-36(40)27-12-9-23-37-24-27)30-15-7-8-16-31(30)39(32)28-13-5-2-6-14-28/h1-24H. The predicted octanol–water partition coefficient (Wildman–Crippen LogP) is 8.85. The molecule has 0 radical (unpaired) electrons. The third kappa shape index (κ3) is 3.47. The zero-order valence-corrected chi connectivity index (χ0v) is 21.6. The van der Waals surface area contributed by atoms with E-state index in [9.17, 15) is 0 Å². The Kier molecular flexibility index (Phi) is 5.10. The Morgan fingerprint density at radius 2 is 1.10 bits per heavy atom. The first-order valence-electron chi connectivity index (χ1n) is 13.4. The molecule has 0 unspecified atom stereocenters. The first-order valence-corrected chi connectivity index (χ1v) is 13.4. The van der Waals surface area contributed by atoms with Crippen molar-refractivity contribution in [2.45, 2.75) is 0 Å². The van der Waals surface area contributed by atoms with Gasteiger partial charge in [-0.2, -0.15) is 0 Å². The molecular weight excluding hydrogens is 488 g/mol. The molecule has 3 aromatic heterocycles. The largest absolute Gasteiger partial charge is 0.309 e. The molecule has 0 spiro atoms. The summed E-state index contributed by atoms with van der Waals surface area (Å²) in [5.74, 6) is 0.875. The van der Waals surface area contributed by atoms with E-state index in [1.54, 1.807) is 6.20 Å². The molecule has 0 saturated carbocycles. The Hall–Kier alpha value is -5.48. The van der Waals surface area contributed by atoms with E-state index >= 15 is 0 Å². The van der Waals surface area contributed by atoms with Crippen LogP contribution >= 0.6 is 0 Å². The third-order valence-corrected chi connectivity index (χ3v) is 7.63. The van der Waals surface area contributed by atoms with Crippen molar-refractivity contribution in [3.05, 3.63) is 146 Å². The van der Waals surface area contributed by atoms with Gasteiger partial charge in [0.1, 0.15) is 5.82 Å². The summed E-state index contributed by atoms with van der Waals surface area (Å²) in [6.07, 6.45) is 3.69. The van der Waals surface area contributed by atoms with Gasteiger partial charge < -0.3 is 4.57 Å². The maximum absolute atomic E-state index is 5.33. The molecule has 0 aliphatic rings. The number of pyridine rings is 1. The lowest BCUT2D eigenvalue weighted by atomic mass is 10.1. The van der Waals surface area contributed by atoms with Crippen molar-refractivity contribution in [1.82, 2.24) is 19.1 Å². The van der Waals surface area contributed by atoms with E-state index in [2.05, 4.69) is 135 Å². The number of fused-ring (bicyclic) bond motifs is 5. The molecule has 3 heterocycles. The highest BCUT2D eigenvalue weighted by atomic mass is 15.1. The second kappa shape index (κ2) is 9.07. The molecule has 0 bridgehead atoms. The fraction of sp³-hybridized carbons (Fsp3) is 0. The molecule has 0 atom stereocenters. The Morgan fingerprint density at radius 1 is 0.450 bits per heavy atom. The minimum absolute atomic E-state index is 0.875. The van der Waals surface area contributed by atoms with Crippen LogP contribution in [0, 0.1) is 0 Å². The van der Waals surface area contributed by atoms with Gasteiger partial charge in [-0.15, -0.1) is 0 Å². The van der Waals surface area contributed by atoms with E-state index < -0.39 is 0 Å². The minimum Gasteiger partial charge on any atom is -0.309 e. The minimum atomic E-state index is 0.875. The van der Waals surface area contributed by atoms with E-state index in [4.69, 9.17) is 4.98 Å². The van der Waals surface area contributed by atoms with E-state index in [-0.39, 0.29) is 0 Å². The van der Waals surface area contributed by atoms with Gasteiger partial charge in [-0.25, -0.2) is 4.98 Å². The average molecular weight is 513 g/mol. The molecule has 8 rings (SSSR count). The Bertz CT molecular complexity index is 2120. The molecule has 5 aromatic carbocycles. The van der Waals surface area contributed by atoms with E-state index in [1.807, 2.05) is 18.3 Å². The number of benzene rings is 5. The van der Waals surface area contributed by atoms with Crippen molar-refractivity contribution >= 4 is 32.8 Å². The van der Waals surface area contributed by atoms with E-state index in [0.29, 0.717) is 0 Å². The number of para-hydroxylation sites is 2. The van der Waals surface area contributed by atoms with Crippen LogP contribution < -0.4 is 0 Å². The average Bonchev–Trinajstić information content (AvgIpc) is 3.59. The fourth-order valence-corrected chi connectivity index (χ4v) is 5.83. The van der Waals surface area contributed by atoms with Crippen molar-refractivity contribution < 1.29 is 0 Å². The number of imidazole rings is 1. The van der Waals surface area contributed by atoms with Crippen molar-refractivity contribution in [2.75, 3.05) is 0 Å². The number of hydrogen-bond acceptors (Lipinski definition) is 2. The summed E-state index contributed by atoms with van der Waals surface area (Å²) in [7, 11) is 0. The molecule has 188 valence electrons. The SMILES string of the molecule is c1ccc(-c2ccc(-n3c(-c4cccnc4)nc4c5c6ccccc6n(-c6ccccc6)c5ccc43)cc2)cc1. The number of rotatable bonds is 4. The lowest BCUT2D eigenvalue weighted by Crippen LogP contribution is -1.98. The van der Waals surface area contributed by atoms with Crippen LogP contribution in [0.3, 0.4) is 0 Å². The Labute approximate surface area is 231 Å². The van der Waals surface area contributed by atoms with Gasteiger partial charge >= 0.3 is 0 Å². The van der Waals surface area contributed by atoms with Gasteiger partial charge in [-0.05, 0) is 65.7 Å². The number of hydrogen-bond donors (Lipinski definition) is 0. The Balaban J connectivity index is 1.43. The zero-order valence-electron chi connectivity index (χ0n) is 21.6. The number of aromatic nitrogens is 4. The highest BCUT2D eigenvalue weighted by Crippen LogP contribution is 2.39. The van der Waals surface area contributed by atoms with Crippen LogP contribution in [0.1, 0.15) is 0 Å². The molecule has 0 N–H and O–H groups in total. The van der Waals surface area contributed by atoms with Gasteiger partial charge in [0.15, 0.2) is 0 Å². The molecule has 4 nitrogen and oxygen atoms in total. The van der Waals surface area contributed by atoms with Gasteiger partial charge in [0.25, 0.3) is 0 Å². The van der Waals surface area contributed by atoms with E-state index in [0.717, 1.165) is 44.7 Å². The highest BCUT2D eigenvalue weighted by Gasteiger charge is 2.21. The summed E-state index contributed by atoms with van der Waals surface area (Å²) in [6, 6.07) is 46.8. The maximum Gasteiger partial charge on any atom is 0.147 e. The summed E-state index contributed by atoms with van der Waals surface area (Å²) < 4.78 is 4.59. The van der Waals surface area contributed by atoms with Crippen molar-refractivity contribution in [3.63, 3.8) is 0 Å². The van der Waals surface area contributed by atoms with Crippen LogP contribution in [-0.2, 0) is 0 Å². The van der Waals surface area contributed by atoms with Gasteiger partial charge in [-0.1, -0.05) is 78.9 Å². The summed E-state index contributed by atoms with van der Waals surface area (Å²) in [6.45, 7) is 0. The maximum atomic E-state index is 5.33. The molecule has 8 aromatic rings. The summed E-state index contributed by atoms with van der Waals surface area (Å²) >= 11 is 0. The van der Waals surface area contributed by atoms with Gasteiger partial charge in [-0.3, -0.25) is 9.55 Å². The van der Waals surface area contributed by atoms with Crippen molar-refractivity contribution in [3.8, 4) is 33.9 Å². The molecule has 4 heteroatoms. The van der Waals surface area contributed by atoms with Gasteiger partial charge in [0.2, 0.25) is 0 Å². The topological polar surface area (TPSA) is 35.6 Å². The molecule has 0 aliphatic carbocycles. The molecule has 0 aliphatic heterocycles. The Morgan fingerprint density at radius 3 is 1.88 bits per heavy atom. The predicted molar refractivity (Wildman–Crippen MR) is 164 cm³/mol. The van der Waals surface area contributed by atoms with Crippen LogP contribution in [0.15, 0.2) is 146 Å². The lowest BCUT2D eigenvalue weighted by Gasteiger charge is -2.11. The second-order valence-electron chi connectivity index (χ2n) is 9.94. The van der Waals surface area contributed by atoms with Crippen molar-refractivity contribution in [2.24, 2.45) is 0 Å². The van der Waals surface area contributed by atoms with Gasteiger partial charge in [0, 0.05) is 40.1 Å². The highest BCUT2D eigenvalue weighted by molar-refractivity contribution is 6.20. The fourth-order valence-electron chi connectivity index (χ4n) is 5.83. The van der Waals surface area contributed by atoms with Gasteiger partial charge in [0.05, 0.1) is 22.1 Å². The quantitative estimate of drug-likeness (QED) is 0.236. The molecule has 40 heavy (non-hydrogen) atoms. The van der Waals surface area contributed by atoms with Crippen LogP contribution in [0.5, 0.6) is 0 Å². The van der Waals surface area contributed by atoms with Crippen LogP contribution in [0.4, 0.5) is 0 Å². The normalized spacial score (nSPS) is 11.5. The summed E-state index contributed by atoms with van der Waals surface area (Å²) in [5, 5.41) is 2.34. The van der Waals surface area contributed by atoms with E-state index in [1.165, 1.54) is 22.0 Å². The summed E-state index contributed by atoms with van der Waals surface area (Å²) in [5.41, 5.74) is 9.92. The molecular formula is C36H24N4. The van der Waals surface area contributed by atoms with Crippen LogP contribution in [0.2, 0.25) is 0 Å². The van der Waals surface area contributed by atoms with Crippen LogP contribution in [0.25, 0.3) is 66.7 Å². The lowest BCUT2D eigenvalue weighted by molar-refractivity contribution is 1.10. The van der Waals surface area contributed by atoms with Crippen molar-refractivity contribution in [1.29, 1.82) is 0 Å². The molecule has 0 fully saturated rings. The monoisotopic (exact) mass is 512 g/mol. The number of nitrogens with zero attached hydrogens (tertiary/aromatic N) is 4. The summed E-state index contributed by atoms with van der Waals surface area (Å²) in [4.78, 5) is 9.75. The zero-order chi connectivity index (χ0) is 26.5.